The molecule has 0 aromatic carbocycles. The van der Waals surface area contributed by atoms with E-state index in [2.05, 4.69) is 22.4 Å². The third-order valence-electron chi connectivity index (χ3n) is 3.87. The minimum atomic E-state index is 0.0551. The Morgan fingerprint density at radius 2 is 2.37 bits per heavy atom. The van der Waals surface area contributed by atoms with Gasteiger partial charge in [0.05, 0.1) is 5.41 Å². The van der Waals surface area contributed by atoms with Crippen LogP contribution in [0.1, 0.15) is 50.7 Å². The molecule has 0 bridgehead atoms. The number of nitrogens with one attached hydrogen (secondary N) is 1. The molecular formula is C14H25N3O2. The molecule has 1 aliphatic rings. The summed E-state index contributed by atoms with van der Waals surface area (Å²) in [5, 5.41) is 7.59. The van der Waals surface area contributed by atoms with Gasteiger partial charge in [0.2, 0.25) is 5.89 Å². The first-order valence-corrected chi connectivity index (χ1v) is 7.33. The number of nitrogens with zero attached hydrogens (tertiary/aromatic N) is 2. The maximum absolute atomic E-state index is 5.55. The van der Waals surface area contributed by atoms with Crippen LogP contribution in [0.15, 0.2) is 4.52 Å². The van der Waals surface area contributed by atoms with Gasteiger partial charge in [0.15, 0.2) is 5.82 Å². The van der Waals surface area contributed by atoms with Crippen LogP contribution < -0.4 is 5.32 Å². The van der Waals surface area contributed by atoms with Gasteiger partial charge in [0, 0.05) is 26.7 Å². The second kappa shape index (κ2) is 7.01. The lowest BCUT2D eigenvalue weighted by atomic mass is 9.77. The highest BCUT2D eigenvalue weighted by Gasteiger charge is 2.38. The Hall–Kier alpha value is -0.940. The van der Waals surface area contributed by atoms with Gasteiger partial charge in [-0.05, 0) is 32.2 Å². The fraction of sp³-hybridized carbons (Fsp3) is 0.857. The molecule has 2 rings (SSSR count). The fourth-order valence-electron chi connectivity index (χ4n) is 2.89. The van der Waals surface area contributed by atoms with Crippen molar-refractivity contribution in [1.29, 1.82) is 0 Å². The van der Waals surface area contributed by atoms with Crippen LogP contribution in [0.5, 0.6) is 0 Å². The lowest BCUT2D eigenvalue weighted by Gasteiger charge is -2.34. The highest BCUT2D eigenvalue weighted by molar-refractivity contribution is 5.08. The molecule has 2 heterocycles. The number of piperidine rings is 1. The summed E-state index contributed by atoms with van der Waals surface area (Å²) in [7, 11) is 1.71. The fourth-order valence-corrected chi connectivity index (χ4v) is 2.89. The van der Waals surface area contributed by atoms with E-state index in [4.69, 9.17) is 9.26 Å². The summed E-state index contributed by atoms with van der Waals surface area (Å²) in [6.45, 7) is 5.01. The zero-order chi connectivity index (χ0) is 13.6. The zero-order valence-corrected chi connectivity index (χ0v) is 12.1. The molecule has 1 N–H and O–H groups in total. The first-order valence-electron chi connectivity index (χ1n) is 7.33. The average molecular weight is 267 g/mol. The summed E-state index contributed by atoms with van der Waals surface area (Å²) in [6.07, 6.45) is 6.35. The molecule has 0 saturated carbocycles. The molecular weight excluding hydrogens is 242 g/mol. The van der Waals surface area contributed by atoms with Crippen LogP contribution in [0.2, 0.25) is 0 Å². The summed E-state index contributed by atoms with van der Waals surface area (Å²) in [6, 6.07) is 0. The number of hydrogen-bond acceptors (Lipinski definition) is 5. The Kier molecular flexibility index (Phi) is 5.34. The minimum Gasteiger partial charge on any atom is -0.385 e. The molecule has 108 valence electrons. The normalized spacial score (nSPS) is 23.7. The van der Waals surface area contributed by atoms with Gasteiger partial charge in [0.25, 0.3) is 0 Å². The van der Waals surface area contributed by atoms with Gasteiger partial charge < -0.3 is 14.6 Å². The lowest BCUT2D eigenvalue weighted by molar-refractivity contribution is 0.194. The van der Waals surface area contributed by atoms with E-state index in [0.29, 0.717) is 0 Å². The van der Waals surface area contributed by atoms with Gasteiger partial charge in [-0.2, -0.15) is 4.98 Å². The molecule has 1 unspecified atom stereocenters. The van der Waals surface area contributed by atoms with Crippen molar-refractivity contribution in [2.75, 3.05) is 26.8 Å². The summed E-state index contributed by atoms with van der Waals surface area (Å²) in [5.74, 6) is 1.64. The van der Waals surface area contributed by atoms with Crippen LogP contribution in [0, 0.1) is 0 Å². The Bertz CT molecular complexity index is 367. The van der Waals surface area contributed by atoms with Crippen molar-refractivity contribution in [3.63, 3.8) is 0 Å². The lowest BCUT2D eigenvalue weighted by Crippen LogP contribution is -2.43. The average Bonchev–Trinajstić information content (AvgIpc) is 2.90. The Morgan fingerprint density at radius 1 is 1.47 bits per heavy atom. The van der Waals surface area contributed by atoms with Gasteiger partial charge in [-0.15, -0.1) is 0 Å². The van der Waals surface area contributed by atoms with Crippen LogP contribution in [-0.4, -0.2) is 36.9 Å². The van der Waals surface area contributed by atoms with Crippen LogP contribution in [0.4, 0.5) is 0 Å². The SMILES string of the molecule is CCCC1(c2nc(CCCOC)no2)CCCNC1. The third kappa shape index (κ3) is 3.54. The van der Waals surface area contributed by atoms with Gasteiger partial charge in [-0.1, -0.05) is 18.5 Å². The number of aryl methyl sites for hydroxylation is 1. The number of hydrogen-bond donors (Lipinski definition) is 1. The second-order valence-electron chi connectivity index (χ2n) is 5.42. The van der Waals surface area contributed by atoms with E-state index in [9.17, 15) is 0 Å². The van der Waals surface area contributed by atoms with Gasteiger partial charge in [0.1, 0.15) is 0 Å². The van der Waals surface area contributed by atoms with Crippen molar-refractivity contribution in [3.05, 3.63) is 11.7 Å². The molecule has 1 aliphatic heterocycles. The van der Waals surface area contributed by atoms with Crippen molar-refractivity contribution in [2.24, 2.45) is 0 Å². The summed E-state index contributed by atoms with van der Waals surface area (Å²) in [4.78, 5) is 4.62. The van der Waals surface area contributed by atoms with Gasteiger partial charge in [-0.25, -0.2) is 0 Å². The van der Waals surface area contributed by atoms with Crippen LogP contribution >= 0.6 is 0 Å². The molecule has 0 spiro atoms. The number of methoxy groups -OCH3 is 1. The predicted molar refractivity (Wildman–Crippen MR) is 73.2 cm³/mol. The van der Waals surface area contributed by atoms with E-state index in [1.165, 1.54) is 6.42 Å². The standard InChI is InChI=1S/C14H25N3O2/c1-3-7-14(8-5-9-15-11-14)13-16-12(17-19-13)6-4-10-18-2/h15H,3-11H2,1-2H3. The Morgan fingerprint density at radius 3 is 3.05 bits per heavy atom. The monoisotopic (exact) mass is 267 g/mol. The topological polar surface area (TPSA) is 60.2 Å². The maximum atomic E-state index is 5.55. The Labute approximate surface area is 115 Å². The molecule has 1 atom stereocenters. The van der Waals surface area contributed by atoms with Crippen molar-refractivity contribution in [1.82, 2.24) is 15.5 Å². The van der Waals surface area contributed by atoms with E-state index >= 15 is 0 Å². The molecule has 19 heavy (non-hydrogen) atoms. The van der Waals surface area contributed by atoms with E-state index in [1.54, 1.807) is 7.11 Å². The second-order valence-corrected chi connectivity index (χ2v) is 5.42. The van der Waals surface area contributed by atoms with Crippen molar-refractivity contribution in [2.45, 2.75) is 50.9 Å². The highest BCUT2D eigenvalue weighted by atomic mass is 16.5. The first kappa shape index (κ1) is 14.5. The molecule has 0 amide bonds. The van der Waals surface area contributed by atoms with E-state index in [0.717, 1.165) is 63.5 Å². The summed E-state index contributed by atoms with van der Waals surface area (Å²) < 4.78 is 10.6. The summed E-state index contributed by atoms with van der Waals surface area (Å²) >= 11 is 0. The van der Waals surface area contributed by atoms with E-state index in [-0.39, 0.29) is 5.41 Å². The van der Waals surface area contributed by atoms with Crippen molar-refractivity contribution in [3.8, 4) is 0 Å². The smallest absolute Gasteiger partial charge is 0.234 e. The van der Waals surface area contributed by atoms with E-state index in [1.807, 2.05) is 0 Å². The Balaban J connectivity index is 2.04. The molecule has 1 aromatic heterocycles. The van der Waals surface area contributed by atoms with Crippen LogP contribution in [-0.2, 0) is 16.6 Å². The third-order valence-corrected chi connectivity index (χ3v) is 3.87. The molecule has 0 radical (unpaired) electrons. The van der Waals surface area contributed by atoms with Crippen LogP contribution in [0.3, 0.4) is 0 Å². The predicted octanol–water partition coefficient (Wildman–Crippen LogP) is 2.07. The van der Waals surface area contributed by atoms with Crippen LogP contribution in [0.25, 0.3) is 0 Å². The maximum Gasteiger partial charge on any atom is 0.234 e. The molecule has 1 saturated heterocycles. The minimum absolute atomic E-state index is 0.0551. The number of ether oxygens (including phenoxy) is 1. The summed E-state index contributed by atoms with van der Waals surface area (Å²) in [5.41, 5.74) is 0.0551. The molecule has 5 heteroatoms. The van der Waals surface area contributed by atoms with Crippen molar-refractivity contribution < 1.29 is 9.26 Å². The first-order chi connectivity index (χ1) is 9.30. The highest BCUT2D eigenvalue weighted by Crippen LogP contribution is 2.34. The molecule has 5 nitrogen and oxygen atoms in total. The van der Waals surface area contributed by atoms with Gasteiger partial charge >= 0.3 is 0 Å². The molecule has 1 aromatic rings. The van der Waals surface area contributed by atoms with E-state index < -0.39 is 0 Å². The number of aromatic nitrogens is 2. The van der Waals surface area contributed by atoms with Crippen molar-refractivity contribution >= 4 is 0 Å². The largest absolute Gasteiger partial charge is 0.385 e. The molecule has 0 aliphatic carbocycles. The molecule has 1 fully saturated rings. The quantitative estimate of drug-likeness (QED) is 0.766. The number of rotatable bonds is 7. The zero-order valence-electron chi connectivity index (χ0n) is 12.1. The van der Waals surface area contributed by atoms with Gasteiger partial charge in [-0.3, -0.25) is 0 Å².